The van der Waals surface area contributed by atoms with Crippen LogP contribution in [0.25, 0.3) is 0 Å². The van der Waals surface area contributed by atoms with Crippen molar-refractivity contribution in [3.05, 3.63) is 58.3 Å². The van der Waals surface area contributed by atoms with Crippen LogP contribution in [0, 0.1) is 0 Å². The van der Waals surface area contributed by atoms with Crippen molar-refractivity contribution >= 4 is 17.3 Å². The van der Waals surface area contributed by atoms with Crippen LogP contribution in [0.15, 0.2) is 47.8 Å². The summed E-state index contributed by atoms with van der Waals surface area (Å²) in [4.78, 5) is 13.8. The number of benzene rings is 1. The van der Waals surface area contributed by atoms with Crippen molar-refractivity contribution in [3.8, 4) is 0 Å². The summed E-state index contributed by atoms with van der Waals surface area (Å²) in [5.41, 5.74) is 1.29. The molecular weight excluding hydrogens is 270 g/mol. The van der Waals surface area contributed by atoms with Gasteiger partial charge >= 0.3 is 5.97 Å². The van der Waals surface area contributed by atoms with Crippen LogP contribution in [-0.2, 0) is 11.3 Å². The number of thiophene rings is 1. The zero-order chi connectivity index (χ0) is 14.4. The van der Waals surface area contributed by atoms with Crippen molar-refractivity contribution in [2.75, 3.05) is 13.6 Å². The van der Waals surface area contributed by atoms with Gasteiger partial charge < -0.3 is 9.64 Å². The van der Waals surface area contributed by atoms with E-state index in [9.17, 15) is 4.79 Å². The highest BCUT2D eigenvalue weighted by Gasteiger charge is 2.16. The normalized spacial score (nSPS) is 13.7. The van der Waals surface area contributed by atoms with E-state index in [2.05, 4.69) is 19.2 Å². The number of hydrogen-bond donors (Lipinski definition) is 1. The highest BCUT2D eigenvalue weighted by molar-refractivity contribution is 7.11. The maximum absolute atomic E-state index is 11.8. The van der Waals surface area contributed by atoms with Gasteiger partial charge in [0.25, 0.3) is 0 Å². The second-order valence-electron chi connectivity index (χ2n) is 5.02. The summed E-state index contributed by atoms with van der Waals surface area (Å²) in [7, 11) is 2.11. The summed E-state index contributed by atoms with van der Waals surface area (Å²) < 4.78 is 5.45. The van der Waals surface area contributed by atoms with Gasteiger partial charge in [-0.1, -0.05) is 36.4 Å². The summed E-state index contributed by atoms with van der Waals surface area (Å²) in [6, 6.07) is 14.0. The third-order valence-electron chi connectivity index (χ3n) is 3.02. The molecular formula is C16H20NO2S+. The van der Waals surface area contributed by atoms with E-state index in [0.29, 0.717) is 4.88 Å². The molecule has 0 aliphatic heterocycles. The molecule has 1 N–H and O–H groups in total. The lowest BCUT2D eigenvalue weighted by Crippen LogP contribution is -3.08. The molecule has 2 atom stereocenters. The zero-order valence-corrected chi connectivity index (χ0v) is 12.7. The maximum Gasteiger partial charge on any atom is 0.348 e. The van der Waals surface area contributed by atoms with Crippen LogP contribution in [0.3, 0.4) is 0 Å². The Bertz CT molecular complexity index is 525. The van der Waals surface area contributed by atoms with Crippen LogP contribution in [0.1, 0.15) is 22.2 Å². The van der Waals surface area contributed by atoms with Crippen molar-refractivity contribution in [3.63, 3.8) is 0 Å². The van der Waals surface area contributed by atoms with Gasteiger partial charge in [0.1, 0.15) is 24.1 Å². The summed E-state index contributed by atoms with van der Waals surface area (Å²) in [6.07, 6.45) is -0.0895. The van der Waals surface area contributed by atoms with Gasteiger partial charge in [0.15, 0.2) is 0 Å². The average Bonchev–Trinajstić information content (AvgIpc) is 2.93. The van der Waals surface area contributed by atoms with E-state index in [0.717, 1.165) is 13.1 Å². The quantitative estimate of drug-likeness (QED) is 0.825. The van der Waals surface area contributed by atoms with Crippen LogP contribution in [0.2, 0.25) is 0 Å². The Morgan fingerprint density at radius 3 is 2.65 bits per heavy atom. The van der Waals surface area contributed by atoms with Gasteiger partial charge in [0, 0.05) is 5.56 Å². The Kier molecular flexibility index (Phi) is 5.32. The molecule has 2 unspecified atom stereocenters. The molecule has 20 heavy (non-hydrogen) atoms. The number of carbonyl (C=O) groups is 1. The summed E-state index contributed by atoms with van der Waals surface area (Å²) in [5, 5.41) is 1.88. The fourth-order valence-corrected chi connectivity index (χ4v) is 2.79. The molecule has 1 aromatic heterocycles. The molecule has 106 valence electrons. The van der Waals surface area contributed by atoms with E-state index < -0.39 is 0 Å². The third kappa shape index (κ3) is 4.47. The van der Waals surface area contributed by atoms with Gasteiger partial charge in [-0.3, -0.25) is 0 Å². The second kappa shape index (κ2) is 7.22. The monoisotopic (exact) mass is 290 g/mol. The molecule has 1 aromatic carbocycles. The van der Waals surface area contributed by atoms with Gasteiger partial charge in [-0.25, -0.2) is 4.79 Å². The molecule has 0 amide bonds. The van der Waals surface area contributed by atoms with E-state index >= 15 is 0 Å². The van der Waals surface area contributed by atoms with Crippen LogP contribution in [-0.4, -0.2) is 25.7 Å². The smallest absolute Gasteiger partial charge is 0.348 e. The molecule has 2 aromatic rings. The van der Waals surface area contributed by atoms with Crippen molar-refractivity contribution in [2.45, 2.75) is 19.6 Å². The number of esters is 1. The van der Waals surface area contributed by atoms with Crippen molar-refractivity contribution < 1.29 is 14.4 Å². The number of hydrogen-bond acceptors (Lipinski definition) is 3. The first kappa shape index (κ1) is 14.8. The molecule has 1 heterocycles. The number of nitrogens with one attached hydrogen (secondary N) is 1. The Morgan fingerprint density at radius 2 is 2.00 bits per heavy atom. The van der Waals surface area contributed by atoms with E-state index in [1.807, 2.05) is 36.6 Å². The largest absolute Gasteiger partial charge is 0.452 e. The first-order valence-corrected chi connectivity index (χ1v) is 7.63. The van der Waals surface area contributed by atoms with Gasteiger partial charge in [-0.2, -0.15) is 0 Å². The molecule has 4 heteroatoms. The lowest BCUT2D eigenvalue weighted by molar-refractivity contribution is -0.896. The summed E-state index contributed by atoms with van der Waals surface area (Å²) >= 11 is 1.41. The molecule has 0 aliphatic carbocycles. The molecule has 2 rings (SSSR count). The Labute approximate surface area is 123 Å². The SMILES string of the molecule is CC(C[NH+](C)Cc1ccccc1)OC(=O)c1cccs1. The predicted octanol–water partition coefficient (Wildman–Crippen LogP) is 2.01. The van der Waals surface area contributed by atoms with Crippen molar-refractivity contribution in [1.29, 1.82) is 0 Å². The first-order chi connectivity index (χ1) is 9.65. The van der Waals surface area contributed by atoms with Gasteiger partial charge in [0.05, 0.1) is 7.05 Å². The van der Waals surface area contributed by atoms with Crippen molar-refractivity contribution in [2.24, 2.45) is 0 Å². The Hall–Kier alpha value is -1.65. The average molecular weight is 290 g/mol. The fraction of sp³-hybridized carbons (Fsp3) is 0.312. The lowest BCUT2D eigenvalue weighted by atomic mass is 10.2. The molecule has 0 radical (unpaired) electrons. The van der Waals surface area contributed by atoms with Gasteiger partial charge in [-0.05, 0) is 18.4 Å². The molecule has 0 fully saturated rings. The molecule has 0 spiro atoms. The minimum Gasteiger partial charge on any atom is -0.452 e. The second-order valence-corrected chi connectivity index (χ2v) is 5.96. The first-order valence-electron chi connectivity index (χ1n) is 6.75. The summed E-state index contributed by atoms with van der Waals surface area (Å²) in [6.45, 7) is 3.67. The van der Waals surface area contributed by atoms with E-state index in [1.165, 1.54) is 21.8 Å². The zero-order valence-electron chi connectivity index (χ0n) is 11.8. The van der Waals surface area contributed by atoms with Crippen LogP contribution >= 0.6 is 11.3 Å². The Balaban J connectivity index is 1.79. The van der Waals surface area contributed by atoms with Gasteiger partial charge in [0.2, 0.25) is 0 Å². The highest BCUT2D eigenvalue weighted by atomic mass is 32.1. The van der Waals surface area contributed by atoms with E-state index in [1.54, 1.807) is 6.07 Å². The Morgan fingerprint density at radius 1 is 1.25 bits per heavy atom. The standard InChI is InChI=1S/C16H19NO2S/c1-13(19-16(18)15-9-6-10-20-15)11-17(2)12-14-7-4-3-5-8-14/h3-10,13H,11-12H2,1-2H3/p+1. The van der Waals surface area contributed by atoms with Crippen LogP contribution in [0.4, 0.5) is 0 Å². The number of ether oxygens (including phenoxy) is 1. The van der Waals surface area contributed by atoms with Gasteiger partial charge in [-0.15, -0.1) is 11.3 Å². The number of likely N-dealkylation sites (N-methyl/N-ethyl adjacent to an activating group) is 1. The van der Waals surface area contributed by atoms with Crippen LogP contribution in [0.5, 0.6) is 0 Å². The molecule has 0 bridgehead atoms. The summed E-state index contributed by atoms with van der Waals surface area (Å²) in [5.74, 6) is -0.222. The number of quaternary nitrogens is 1. The molecule has 0 aliphatic rings. The molecule has 0 saturated heterocycles. The van der Waals surface area contributed by atoms with Crippen molar-refractivity contribution in [1.82, 2.24) is 0 Å². The minimum atomic E-state index is -0.222. The maximum atomic E-state index is 11.8. The molecule has 0 saturated carbocycles. The molecule has 3 nitrogen and oxygen atoms in total. The van der Waals surface area contributed by atoms with E-state index in [-0.39, 0.29) is 12.1 Å². The lowest BCUT2D eigenvalue weighted by Gasteiger charge is -2.19. The minimum absolute atomic E-state index is 0.0895. The topological polar surface area (TPSA) is 30.7 Å². The predicted molar refractivity (Wildman–Crippen MR) is 81.1 cm³/mol. The number of rotatable bonds is 6. The van der Waals surface area contributed by atoms with E-state index in [4.69, 9.17) is 4.74 Å². The number of carbonyl (C=O) groups excluding carboxylic acids is 1. The third-order valence-corrected chi connectivity index (χ3v) is 3.87. The van der Waals surface area contributed by atoms with Crippen LogP contribution < -0.4 is 4.90 Å². The fourth-order valence-electron chi connectivity index (χ4n) is 2.18. The highest BCUT2D eigenvalue weighted by Crippen LogP contribution is 2.10.